The average Bonchev–Trinajstić information content (AvgIpc) is 3.16. The summed E-state index contributed by atoms with van der Waals surface area (Å²) < 4.78 is 46.0. The molecule has 3 aromatic heterocycles. The van der Waals surface area contributed by atoms with E-state index in [0.29, 0.717) is 23.8 Å². The van der Waals surface area contributed by atoms with Crippen LogP contribution < -0.4 is 10.0 Å². The van der Waals surface area contributed by atoms with Crippen LogP contribution in [0.2, 0.25) is 0 Å². The molecule has 10 heteroatoms. The number of aryl methyl sites for hydroxylation is 1. The number of hydrogen-bond acceptors (Lipinski definition) is 6. The SMILES string of the molecule is CCc1cc2c(C(N)=O)c(Cc3ccc(F)cc3)oc2nc1N(CCc1ccncc1)S(C)(=O)=O. The molecule has 0 bridgehead atoms. The molecule has 0 aliphatic carbocycles. The fourth-order valence-corrected chi connectivity index (χ4v) is 4.87. The van der Waals surface area contributed by atoms with Crippen LogP contribution in [0.1, 0.15) is 39.7 Å². The molecular weight excluding hydrogens is 471 g/mol. The van der Waals surface area contributed by atoms with E-state index in [1.165, 1.54) is 16.4 Å². The highest BCUT2D eigenvalue weighted by Crippen LogP contribution is 2.32. The van der Waals surface area contributed by atoms with Gasteiger partial charge in [-0.2, -0.15) is 4.98 Å². The molecule has 4 rings (SSSR count). The number of halogens is 1. The van der Waals surface area contributed by atoms with E-state index in [4.69, 9.17) is 10.2 Å². The zero-order valence-electron chi connectivity index (χ0n) is 19.4. The third-order valence-corrected chi connectivity index (χ3v) is 6.86. The second-order valence-corrected chi connectivity index (χ2v) is 10.1. The van der Waals surface area contributed by atoms with Gasteiger partial charge in [0.05, 0.1) is 17.2 Å². The summed E-state index contributed by atoms with van der Waals surface area (Å²) in [5.74, 6) is -0.529. The van der Waals surface area contributed by atoms with Crippen LogP contribution in [-0.2, 0) is 29.3 Å². The standard InChI is InChI=1S/C25H25FN4O4S/c1-3-18-15-20-22(23(27)31)21(14-17-4-6-19(26)7-5-17)34-25(20)29-24(18)30(35(2,32)33)13-10-16-8-11-28-12-9-16/h4-9,11-12,15H,3,10,13-14H2,1-2H3,(H2,27,31). The molecule has 4 aromatic rings. The number of furan rings is 1. The van der Waals surface area contributed by atoms with Gasteiger partial charge in [-0.15, -0.1) is 0 Å². The highest BCUT2D eigenvalue weighted by Gasteiger charge is 2.26. The van der Waals surface area contributed by atoms with Crippen LogP contribution >= 0.6 is 0 Å². The van der Waals surface area contributed by atoms with E-state index in [2.05, 4.69) is 9.97 Å². The maximum Gasteiger partial charge on any atom is 0.252 e. The molecule has 1 aromatic carbocycles. The Hall–Kier alpha value is -3.79. The van der Waals surface area contributed by atoms with Gasteiger partial charge in [0.15, 0.2) is 0 Å². The molecule has 0 atom stereocenters. The molecule has 0 aliphatic heterocycles. The van der Waals surface area contributed by atoms with Crippen LogP contribution in [0.3, 0.4) is 0 Å². The van der Waals surface area contributed by atoms with Crippen molar-refractivity contribution in [3.63, 3.8) is 0 Å². The van der Waals surface area contributed by atoms with Crippen molar-refractivity contribution in [2.45, 2.75) is 26.2 Å². The summed E-state index contributed by atoms with van der Waals surface area (Å²) in [5, 5.41) is 0.415. The number of fused-ring (bicyclic) bond motifs is 1. The van der Waals surface area contributed by atoms with Crippen molar-refractivity contribution < 1.29 is 22.0 Å². The molecule has 8 nitrogen and oxygen atoms in total. The topological polar surface area (TPSA) is 119 Å². The van der Waals surface area contributed by atoms with Crippen LogP contribution in [0.15, 0.2) is 59.3 Å². The molecule has 0 aliphatic rings. The zero-order chi connectivity index (χ0) is 25.2. The van der Waals surface area contributed by atoms with Crippen LogP contribution in [0.25, 0.3) is 11.1 Å². The van der Waals surface area contributed by atoms with Gasteiger partial charge in [-0.05, 0) is 59.9 Å². The Morgan fingerprint density at radius 1 is 1.11 bits per heavy atom. The van der Waals surface area contributed by atoms with Crippen molar-refractivity contribution in [3.8, 4) is 0 Å². The van der Waals surface area contributed by atoms with E-state index in [-0.39, 0.29) is 41.6 Å². The molecule has 3 heterocycles. The maximum atomic E-state index is 13.3. The Morgan fingerprint density at radius 3 is 2.40 bits per heavy atom. The van der Waals surface area contributed by atoms with Crippen molar-refractivity contribution in [3.05, 3.63) is 88.7 Å². The highest BCUT2D eigenvalue weighted by atomic mass is 32.2. The van der Waals surface area contributed by atoms with Crippen molar-refractivity contribution in [1.82, 2.24) is 9.97 Å². The monoisotopic (exact) mass is 496 g/mol. The van der Waals surface area contributed by atoms with E-state index in [1.54, 1.807) is 30.6 Å². The van der Waals surface area contributed by atoms with Gasteiger partial charge >= 0.3 is 0 Å². The first kappa shape index (κ1) is 24.3. The van der Waals surface area contributed by atoms with Crippen molar-refractivity contribution >= 4 is 32.8 Å². The predicted molar refractivity (Wildman–Crippen MR) is 131 cm³/mol. The summed E-state index contributed by atoms with van der Waals surface area (Å²) in [6, 6.07) is 11.2. The molecule has 1 amide bonds. The fourth-order valence-electron chi connectivity index (χ4n) is 3.97. The van der Waals surface area contributed by atoms with Crippen molar-refractivity contribution in [2.75, 3.05) is 17.1 Å². The number of nitrogens with two attached hydrogens (primary N) is 1. The van der Waals surface area contributed by atoms with E-state index >= 15 is 0 Å². The maximum absolute atomic E-state index is 13.3. The number of hydrogen-bond donors (Lipinski definition) is 1. The molecular formula is C25H25FN4O4S. The molecule has 0 unspecified atom stereocenters. The smallest absolute Gasteiger partial charge is 0.252 e. The fraction of sp³-hybridized carbons (Fsp3) is 0.240. The van der Waals surface area contributed by atoms with Crippen molar-refractivity contribution in [1.29, 1.82) is 0 Å². The third-order valence-electron chi connectivity index (χ3n) is 5.71. The summed E-state index contributed by atoms with van der Waals surface area (Å²) in [4.78, 5) is 20.9. The zero-order valence-corrected chi connectivity index (χ0v) is 20.2. The molecule has 182 valence electrons. The number of aromatic nitrogens is 2. The number of amides is 1. The van der Waals surface area contributed by atoms with Gasteiger partial charge in [0.25, 0.3) is 5.91 Å². The normalized spacial score (nSPS) is 11.6. The van der Waals surface area contributed by atoms with Crippen LogP contribution in [0.5, 0.6) is 0 Å². The Bertz CT molecular complexity index is 1470. The molecule has 0 saturated carbocycles. The number of sulfonamides is 1. The lowest BCUT2D eigenvalue weighted by atomic mass is 10.0. The largest absolute Gasteiger partial charge is 0.441 e. The lowest BCUT2D eigenvalue weighted by Gasteiger charge is -2.23. The summed E-state index contributed by atoms with van der Waals surface area (Å²) in [7, 11) is -3.68. The lowest BCUT2D eigenvalue weighted by molar-refractivity contribution is 0.1000. The van der Waals surface area contributed by atoms with Gasteiger partial charge in [-0.3, -0.25) is 14.1 Å². The average molecular weight is 497 g/mol. The first-order valence-electron chi connectivity index (χ1n) is 11.0. The number of pyridine rings is 2. The minimum absolute atomic E-state index is 0.112. The number of benzene rings is 1. The van der Waals surface area contributed by atoms with Crippen LogP contribution in [0, 0.1) is 5.82 Å². The van der Waals surface area contributed by atoms with E-state index in [9.17, 15) is 17.6 Å². The molecule has 0 saturated heterocycles. The van der Waals surface area contributed by atoms with Gasteiger partial charge in [0, 0.05) is 25.4 Å². The van der Waals surface area contributed by atoms with Crippen LogP contribution in [-0.4, -0.2) is 37.1 Å². The Labute approximate surface area is 202 Å². The molecule has 0 fully saturated rings. The minimum atomic E-state index is -3.68. The number of anilines is 1. The Kier molecular flexibility index (Phi) is 6.83. The van der Waals surface area contributed by atoms with E-state index < -0.39 is 15.9 Å². The van der Waals surface area contributed by atoms with Gasteiger partial charge in [-0.1, -0.05) is 19.1 Å². The minimum Gasteiger partial charge on any atom is -0.441 e. The highest BCUT2D eigenvalue weighted by molar-refractivity contribution is 7.92. The molecule has 0 radical (unpaired) electrons. The quantitative estimate of drug-likeness (QED) is 0.378. The van der Waals surface area contributed by atoms with Crippen LogP contribution in [0.4, 0.5) is 10.2 Å². The van der Waals surface area contributed by atoms with Crippen molar-refractivity contribution in [2.24, 2.45) is 5.73 Å². The molecule has 2 N–H and O–H groups in total. The lowest BCUT2D eigenvalue weighted by Crippen LogP contribution is -2.33. The number of rotatable bonds is 9. The number of carbonyl (C=O) groups excluding carboxylic acids is 1. The van der Waals surface area contributed by atoms with Gasteiger partial charge < -0.3 is 10.2 Å². The van der Waals surface area contributed by atoms with E-state index in [1.807, 2.05) is 19.1 Å². The second kappa shape index (κ2) is 9.83. The molecule has 35 heavy (non-hydrogen) atoms. The molecule has 0 spiro atoms. The third kappa shape index (κ3) is 5.32. The second-order valence-electron chi connectivity index (χ2n) is 8.19. The Morgan fingerprint density at radius 2 is 1.80 bits per heavy atom. The number of carbonyl (C=O) groups is 1. The summed E-state index contributed by atoms with van der Waals surface area (Å²) in [6.07, 6.45) is 5.55. The summed E-state index contributed by atoms with van der Waals surface area (Å²) >= 11 is 0. The van der Waals surface area contributed by atoms with E-state index in [0.717, 1.165) is 17.4 Å². The Balaban J connectivity index is 1.80. The van der Waals surface area contributed by atoms with Gasteiger partial charge in [-0.25, -0.2) is 12.8 Å². The summed E-state index contributed by atoms with van der Waals surface area (Å²) in [6.45, 7) is 2.04. The number of nitrogens with zero attached hydrogens (tertiary/aromatic N) is 3. The summed E-state index contributed by atoms with van der Waals surface area (Å²) in [5.41, 5.74) is 8.26. The number of primary amides is 1. The predicted octanol–water partition coefficient (Wildman–Crippen LogP) is 3.62. The van der Waals surface area contributed by atoms with Gasteiger partial charge in [0.2, 0.25) is 15.7 Å². The van der Waals surface area contributed by atoms with Gasteiger partial charge in [0.1, 0.15) is 17.4 Å². The first-order chi connectivity index (χ1) is 16.7. The first-order valence-corrected chi connectivity index (χ1v) is 12.9.